The van der Waals surface area contributed by atoms with Gasteiger partial charge in [0.25, 0.3) is 0 Å². The van der Waals surface area contributed by atoms with E-state index >= 15 is 0 Å². The summed E-state index contributed by atoms with van der Waals surface area (Å²) in [7, 11) is 0. The van der Waals surface area contributed by atoms with E-state index in [1.54, 1.807) is 0 Å². The van der Waals surface area contributed by atoms with E-state index in [1.807, 2.05) is 4.90 Å². The summed E-state index contributed by atoms with van der Waals surface area (Å²) < 4.78 is 0. The van der Waals surface area contributed by atoms with Crippen LogP contribution in [0, 0.1) is 11.8 Å². The summed E-state index contributed by atoms with van der Waals surface area (Å²) in [6.45, 7) is 11.0. The molecule has 1 atom stereocenters. The number of amides is 2. The van der Waals surface area contributed by atoms with E-state index in [4.69, 9.17) is 5.11 Å². The number of carbonyl (C=O) groups is 2. The Kier molecular flexibility index (Phi) is 7.50. The van der Waals surface area contributed by atoms with Crippen molar-refractivity contribution in [2.45, 2.75) is 33.6 Å². The number of urea groups is 1. The minimum absolute atomic E-state index is 0.00313. The van der Waals surface area contributed by atoms with Gasteiger partial charge in [-0.1, -0.05) is 20.8 Å². The number of rotatable bonds is 7. The number of hydrogen-bond acceptors (Lipinski definition) is 3. The van der Waals surface area contributed by atoms with E-state index in [0.29, 0.717) is 12.5 Å². The minimum Gasteiger partial charge on any atom is -0.481 e. The zero-order chi connectivity index (χ0) is 15.8. The second kappa shape index (κ2) is 8.87. The van der Waals surface area contributed by atoms with Gasteiger partial charge in [-0.3, -0.25) is 4.79 Å². The molecular formula is C15H29N3O3. The summed E-state index contributed by atoms with van der Waals surface area (Å²) in [5.74, 6) is -0.366. The summed E-state index contributed by atoms with van der Waals surface area (Å²) in [6.07, 6.45) is 0.929. The predicted molar refractivity (Wildman–Crippen MR) is 82.3 cm³/mol. The van der Waals surface area contributed by atoms with Crippen LogP contribution in [0.15, 0.2) is 0 Å². The van der Waals surface area contributed by atoms with Crippen LogP contribution in [0.5, 0.6) is 0 Å². The van der Waals surface area contributed by atoms with E-state index in [0.717, 1.165) is 39.1 Å². The van der Waals surface area contributed by atoms with E-state index < -0.39 is 5.97 Å². The van der Waals surface area contributed by atoms with Crippen LogP contribution in [0.2, 0.25) is 0 Å². The molecule has 1 fully saturated rings. The van der Waals surface area contributed by atoms with Crippen LogP contribution in [0.1, 0.15) is 33.6 Å². The fraction of sp³-hybridized carbons (Fsp3) is 0.867. The van der Waals surface area contributed by atoms with Crippen LogP contribution in [-0.2, 0) is 4.79 Å². The molecule has 122 valence electrons. The molecule has 2 amide bonds. The molecule has 1 saturated heterocycles. The first kappa shape index (κ1) is 17.8. The Morgan fingerprint density at radius 3 is 2.29 bits per heavy atom. The molecule has 0 saturated carbocycles. The number of likely N-dealkylation sites (N-methyl/N-ethyl adjacent to an activating group) is 1. The van der Waals surface area contributed by atoms with Crippen molar-refractivity contribution in [3.8, 4) is 0 Å². The first-order valence-corrected chi connectivity index (χ1v) is 7.89. The lowest BCUT2D eigenvalue weighted by Crippen LogP contribution is -2.52. The molecule has 0 bridgehead atoms. The maximum absolute atomic E-state index is 12.1. The van der Waals surface area contributed by atoms with Crippen LogP contribution < -0.4 is 5.32 Å². The SMILES string of the molecule is CCN1CCN(C(=O)NC[C@H](CC(=O)O)CC(C)C)CC1. The largest absolute Gasteiger partial charge is 0.481 e. The van der Waals surface area contributed by atoms with Gasteiger partial charge >= 0.3 is 12.0 Å². The van der Waals surface area contributed by atoms with Crippen molar-refractivity contribution in [2.75, 3.05) is 39.3 Å². The normalized spacial score (nSPS) is 17.8. The number of nitrogens with zero attached hydrogens (tertiary/aromatic N) is 2. The summed E-state index contributed by atoms with van der Waals surface area (Å²) in [5, 5.41) is 11.8. The number of hydrogen-bond donors (Lipinski definition) is 2. The molecule has 1 rings (SSSR count). The van der Waals surface area contributed by atoms with Crippen molar-refractivity contribution in [3.05, 3.63) is 0 Å². The highest BCUT2D eigenvalue weighted by Crippen LogP contribution is 2.15. The van der Waals surface area contributed by atoms with Gasteiger partial charge in [-0.05, 0) is 24.8 Å². The molecule has 0 aliphatic carbocycles. The zero-order valence-electron chi connectivity index (χ0n) is 13.5. The lowest BCUT2D eigenvalue weighted by Gasteiger charge is -2.34. The number of carbonyl (C=O) groups excluding carboxylic acids is 1. The van der Waals surface area contributed by atoms with E-state index in [-0.39, 0.29) is 18.4 Å². The van der Waals surface area contributed by atoms with Gasteiger partial charge in [0.2, 0.25) is 0 Å². The van der Waals surface area contributed by atoms with Crippen molar-refractivity contribution in [1.29, 1.82) is 0 Å². The Bertz CT molecular complexity index is 339. The summed E-state index contributed by atoms with van der Waals surface area (Å²) in [4.78, 5) is 27.1. The Hall–Kier alpha value is -1.30. The molecule has 0 aromatic carbocycles. The highest BCUT2D eigenvalue weighted by atomic mass is 16.4. The molecule has 1 heterocycles. The lowest BCUT2D eigenvalue weighted by molar-refractivity contribution is -0.138. The van der Waals surface area contributed by atoms with Crippen molar-refractivity contribution in [1.82, 2.24) is 15.1 Å². The second-order valence-electron chi connectivity index (χ2n) is 6.20. The molecule has 0 unspecified atom stereocenters. The molecule has 1 aliphatic rings. The van der Waals surface area contributed by atoms with E-state index in [1.165, 1.54) is 0 Å². The third-order valence-corrected chi connectivity index (χ3v) is 3.92. The standard InChI is InChI=1S/C15H29N3O3/c1-4-17-5-7-18(8-6-17)15(21)16-11-13(9-12(2)3)10-14(19)20/h12-13H,4-11H2,1-3H3,(H,16,21)(H,19,20)/t13-/m0/s1. The van der Waals surface area contributed by atoms with Crippen LogP contribution in [-0.4, -0.2) is 66.2 Å². The number of nitrogens with one attached hydrogen (secondary N) is 1. The quantitative estimate of drug-likeness (QED) is 0.746. The Labute approximate surface area is 127 Å². The number of carboxylic acid groups (broad SMARTS) is 1. The van der Waals surface area contributed by atoms with Gasteiger partial charge in [-0.15, -0.1) is 0 Å². The Morgan fingerprint density at radius 1 is 1.19 bits per heavy atom. The Balaban J connectivity index is 2.37. The molecule has 6 heteroatoms. The molecule has 1 aliphatic heterocycles. The molecule has 6 nitrogen and oxygen atoms in total. The van der Waals surface area contributed by atoms with Crippen LogP contribution in [0.4, 0.5) is 4.79 Å². The average Bonchev–Trinajstić information content (AvgIpc) is 2.43. The van der Waals surface area contributed by atoms with Crippen LogP contribution in [0.3, 0.4) is 0 Å². The summed E-state index contributed by atoms with van der Waals surface area (Å²) in [5.41, 5.74) is 0. The van der Waals surface area contributed by atoms with Crippen molar-refractivity contribution >= 4 is 12.0 Å². The molecule has 21 heavy (non-hydrogen) atoms. The highest BCUT2D eigenvalue weighted by molar-refractivity contribution is 5.74. The molecule has 0 aromatic heterocycles. The highest BCUT2D eigenvalue weighted by Gasteiger charge is 2.21. The number of carboxylic acids is 1. The monoisotopic (exact) mass is 299 g/mol. The maximum atomic E-state index is 12.1. The smallest absolute Gasteiger partial charge is 0.317 e. The third kappa shape index (κ3) is 6.80. The average molecular weight is 299 g/mol. The van der Waals surface area contributed by atoms with Crippen molar-refractivity contribution in [3.63, 3.8) is 0 Å². The van der Waals surface area contributed by atoms with Gasteiger partial charge in [0.15, 0.2) is 0 Å². The Morgan fingerprint density at radius 2 is 1.81 bits per heavy atom. The van der Waals surface area contributed by atoms with Gasteiger partial charge in [0, 0.05) is 39.1 Å². The molecule has 0 aromatic rings. The van der Waals surface area contributed by atoms with Crippen molar-refractivity contribution < 1.29 is 14.7 Å². The molecular weight excluding hydrogens is 270 g/mol. The zero-order valence-corrected chi connectivity index (χ0v) is 13.5. The van der Waals surface area contributed by atoms with Gasteiger partial charge in [0.05, 0.1) is 0 Å². The summed E-state index contributed by atoms with van der Waals surface area (Å²) in [6, 6.07) is -0.0649. The first-order valence-electron chi connectivity index (χ1n) is 7.89. The molecule has 0 radical (unpaired) electrons. The fourth-order valence-electron chi connectivity index (χ4n) is 2.76. The summed E-state index contributed by atoms with van der Waals surface area (Å²) >= 11 is 0. The van der Waals surface area contributed by atoms with Crippen molar-refractivity contribution in [2.24, 2.45) is 11.8 Å². The number of aliphatic carboxylic acids is 1. The minimum atomic E-state index is -0.800. The van der Waals surface area contributed by atoms with Gasteiger partial charge in [-0.25, -0.2) is 4.79 Å². The first-order chi connectivity index (χ1) is 9.92. The predicted octanol–water partition coefficient (Wildman–Crippen LogP) is 1.47. The molecule has 0 spiro atoms. The van der Waals surface area contributed by atoms with Crippen LogP contribution >= 0.6 is 0 Å². The second-order valence-corrected chi connectivity index (χ2v) is 6.20. The maximum Gasteiger partial charge on any atom is 0.317 e. The van der Waals surface area contributed by atoms with E-state index in [2.05, 4.69) is 31.0 Å². The fourth-order valence-corrected chi connectivity index (χ4v) is 2.76. The van der Waals surface area contributed by atoms with E-state index in [9.17, 15) is 9.59 Å². The van der Waals surface area contributed by atoms with Crippen LogP contribution in [0.25, 0.3) is 0 Å². The van der Waals surface area contributed by atoms with Gasteiger partial charge < -0.3 is 20.2 Å². The lowest BCUT2D eigenvalue weighted by atomic mass is 9.94. The number of piperazine rings is 1. The molecule has 2 N–H and O–H groups in total. The van der Waals surface area contributed by atoms with Gasteiger partial charge in [0.1, 0.15) is 0 Å². The third-order valence-electron chi connectivity index (χ3n) is 3.92. The van der Waals surface area contributed by atoms with Gasteiger partial charge in [-0.2, -0.15) is 0 Å². The topological polar surface area (TPSA) is 72.9 Å².